The SMILES string of the molecule is CC1(C)OB(c2cnc(C3CCNCC3)s2)OC1(C)C. The van der Waals surface area contributed by atoms with E-state index in [9.17, 15) is 0 Å². The smallest absolute Gasteiger partial charge is 0.399 e. The van der Waals surface area contributed by atoms with Gasteiger partial charge in [0, 0.05) is 12.1 Å². The van der Waals surface area contributed by atoms with Gasteiger partial charge in [-0.05, 0) is 53.6 Å². The molecule has 2 saturated heterocycles. The first-order chi connectivity index (χ1) is 9.39. The largest absolute Gasteiger partial charge is 0.507 e. The standard InChI is InChI=1S/C14H23BN2O2S/c1-13(2)14(3,4)19-15(18-13)11-9-17-12(20-11)10-5-7-16-8-6-10/h9-10,16H,5-8H2,1-4H3. The lowest BCUT2D eigenvalue weighted by Crippen LogP contribution is -2.41. The van der Waals surface area contributed by atoms with Gasteiger partial charge in [0.15, 0.2) is 0 Å². The maximum atomic E-state index is 6.09. The summed E-state index contributed by atoms with van der Waals surface area (Å²) in [5.74, 6) is 0.595. The minimum absolute atomic E-state index is 0.270. The highest BCUT2D eigenvalue weighted by Gasteiger charge is 2.52. The van der Waals surface area contributed by atoms with Crippen LogP contribution in [-0.2, 0) is 9.31 Å². The minimum atomic E-state index is -0.281. The molecule has 0 atom stereocenters. The van der Waals surface area contributed by atoms with Crippen molar-refractivity contribution < 1.29 is 9.31 Å². The van der Waals surface area contributed by atoms with Crippen LogP contribution >= 0.6 is 11.3 Å². The van der Waals surface area contributed by atoms with Crippen LogP contribution in [0.2, 0.25) is 0 Å². The van der Waals surface area contributed by atoms with Gasteiger partial charge in [-0.2, -0.15) is 0 Å². The Morgan fingerprint density at radius 2 is 1.80 bits per heavy atom. The highest BCUT2D eigenvalue weighted by Crippen LogP contribution is 2.37. The summed E-state index contributed by atoms with van der Waals surface area (Å²) in [5, 5.41) is 4.63. The van der Waals surface area contributed by atoms with E-state index in [1.165, 1.54) is 17.8 Å². The fraction of sp³-hybridized carbons (Fsp3) is 0.786. The Morgan fingerprint density at radius 3 is 2.40 bits per heavy atom. The van der Waals surface area contributed by atoms with Crippen molar-refractivity contribution >= 4 is 23.2 Å². The second kappa shape index (κ2) is 5.09. The molecule has 3 heterocycles. The topological polar surface area (TPSA) is 43.4 Å². The van der Waals surface area contributed by atoms with E-state index in [2.05, 4.69) is 38.0 Å². The van der Waals surface area contributed by atoms with Crippen molar-refractivity contribution in [3.05, 3.63) is 11.2 Å². The lowest BCUT2D eigenvalue weighted by atomic mass is 9.89. The number of thiazole rings is 1. The normalized spacial score (nSPS) is 26.1. The van der Waals surface area contributed by atoms with E-state index in [0.29, 0.717) is 5.92 Å². The van der Waals surface area contributed by atoms with E-state index in [0.717, 1.165) is 17.9 Å². The maximum Gasteiger partial charge on any atom is 0.507 e. The summed E-state index contributed by atoms with van der Waals surface area (Å²) in [7, 11) is -0.270. The monoisotopic (exact) mass is 294 g/mol. The Bertz CT molecular complexity index is 467. The summed E-state index contributed by atoms with van der Waals surface area (Å²) < 4.78 is 13.3. The Morgan fingerprint density at radius 1 is 1.20 bits per heavy atom. The van der Waals surface area contributed by atoms with Crippen LogP contribution in [0.15, 0.2) is 6.20 Å². The lowest BCUT2D eigenvalue weighted by Gasteiger charge is -2.32. The molecule has 2 aliphatic rings. The van der Waals surface area contributed by atoms with Gasteiger partial charge in [0.05, 0.1) is 21.0 Å². The number of nitrogens with one attached hydrogen (secondary N) is 1. The van der Waals surface area contributed by atoms with Gasteiger partial charge in [-0.3, -0.25) is 0 Å². The van der Waals surface area contributed by atoms with Crippen LogP contribution in [0, 0.1) is 0 Å². The molecule has 0 aliphatic carbocycles. The Labute approximate surface area is 125 Å². The van der Waals surface area contributed by atoms with E-state index in [4.69, 9.17) is 9.31 Å². The van der Waals surface area contributed by atoms with Gasteiger partial charge in [-0.1, -0.05) is 0 Å². The average molecular weight is 294 g/mol. The molecule has 6 heteroatoms. The Balaban J connectivity index is 1.74. The van der Waals surface area contributed by atoms with Crippen LogP contribution in [-0.4, -0.2) is 36.4 Å². The molecule has 3 rings (SSSR count). The highest BCUT2D eigenvalue weighted by atomic mass is 32.1. The molecule has 110 valence electrons. The maximum absolute atomic E-state index is 6.09. The third-order valence-electron chi connectivity index (χ3n) is 4.72. The van der Waals surface area contributed by atoms with Crippen LogP contribution < -0.4 is 10.1 Å². The Hall–Kier alpha value is -0.425. The van der Waals surface area contributed by atoms with Crippen molar-refractivity contribution in [1.29, 1.82) is 0 Å². The third kappa shape index (κ3) is 2.54. The van der Waals surface area contributed by atoms with Crippen molar-refractivity contribution in [2.75, 3.05) is 13.1 Å². The first-order valence-electron chi connectivity index (χ1n) is 7.41. The predicted octanol–water partition coefficient (Wildman–Crippen LogP) is 1.91. The molecule has 4 nitrogen and oxygen atoms in total. The van der Waals surface area contributed by atoms with E-state index in [1.54, 1.807) is 11.3 Å². The molecule has 0 bridgehead atoms. The molecule has 0 unspecified atom stereocenters. The summed E-state index contributed by atoms with van der Waals surface area (Å²) in [6.07, 6.45) is 4.29. The fourth-order valence-electron chi connectivity index (χ4n) is 2.63. The Kier molecular flexibility index (Phi) is 3.69. The molecular weight excluding hydrogens is 271 g/mol. The first kappa shape index (κ1) is 14.5. The van der Waals surface area contributed by atoms with Crippen molar-refractivity contribution in [1.82, 2.24) is 10.3 Å². The molecule has 0 aromatic carbocycles. The molecule has 0 radical (unpaired) electrons. The summed E-state index contributed by atoms with van der Waals surface area (Å²) in [6.45, 7) is 10.5. The molecule has 1 aromatic rings. The highest BCUT2D eigenvalue weighted by molar-refractivity contribution is 7.22. The van der Waals surface area contributed by atoms with Crippen molar-refractivity contribution in [2.45, 2.75) is 57.7 Å². The number of rotatable bonds is 2. The average Bonchev–Trinajstić information content (AvgIpc) is 2.94. The second-order valence-corrected chi connectivity index (χ2v) is 7.81. The van der Waals surface area contributed by atoms with Crippen LogP contribution in [0.25, 0.3) is 0 Å². The zero-order chi connectivity index (χ0) is 14.4. The van der Waals surface area contributed by atoms with E-state index in [-0.39, 0.29) is 18.3 Å². The van der Waals surface area contributed by atoms with Gasteiger partial charge >= 0.3 is 7.12 Å². The molecule has 0 amide bonds. The zero-order valence-electron chi connectivity index (χ0n) is 12.7. The predicted molar refractivity (Wildman–Crippen MR) is 82.7 cm³/mol. The van der Waals surface area contributed by atoms with E-state index in [1.807, 2.05) is 6.20 Å². The number of hydrogen-bond donors (Lipinski definition) is 1. The molecule has 1 aromatic heterocycles. The summed E-state index contributed by atoms with van der Waals surface area (Å²) in [5.41, 5.74) is -0.562. The summed E-state index contributed by atoms with van der Waals surface area (Å²) in [6, 6.07) is 0. The molecule has 2 aliphatic heterocycles. The van der Waals surface area contributed by atoms with Crippen molar-refractivity contribution in [3.8, 4) is 0 Å². The summed E-state index contributed by atoms with van der Waals surface area (Å²) >= 11 is 1.75. The van der Waals surface area contributed by atoms with Crippen LogP contribution in [0.1, 0.15) is 51.5 Å². The first-order valence-corrected chi connectivity index (χ1v) is 8.23. The van der Waals surface area contributed by atoms with Crippen LogP contribution in [0.3, 0.4) is 0 Å². The van der Waals surface area contributed by atoms with Gasteiger partial charge in [0.2, 0.25) is 0 Å². The van der Waals surface area contributed by atoms with Gasteiger partial charge in [-0.15, -0.1) is 11.3 Å². The molecule has 0 spiro atoms. The van der Waals surface area contributed by atoms with E-state index >= 15 is 0 Å². The fourth-order valence-corrected chi connectivity index (χ4v) is 3.67. The second-order valence-electron chi connectivity index (χ2n) is 6.71. The zero-order valence-corrected chi connectivity index (χ0v) is 13.5. The number of nitrogens with zero attached hydrogens (tertiary/aromatic N) is 1. The number of hydrogen-bond acceptors (Lipinski definition) is 5. The van der Waals surface area contributed by atoms with Crippen molar-refractivity contribution in [2.24, 2.45) is 0 Å². The van der Waals surface area contributed by atoms with Crippen molar-refractivity contribution in [3.63, 3.8) is 0 Å². The molecule has 0 saturated carbocycles. The quantitative estimate of drug-likeness (QED) is 0.846. The summed E-state index contributed by atoms with van der Waals surface area (Å²) in [4.78, 5) is 4.61. The van der Waals surface area contributed by atoms with Crippen LogP contribution in [0.5, 0.6) is 0 Å². The van der Waals surface area contributed by atoms with Gasteiger partial charge < -0.3 is 14.6 Å². The molecule has 20 heavy (non-hydrogen) atoms. The van der Waals surface area contributed by atoms with Gasteiger partial charge in [-0.25, -0.2) is 4.98 Å². The number of piperidine rings is 1. The number of aromatic nitrogens is 1. The lowest BCUT2D eigenvalue weighted by molar-refractivity contribution is 0.00578. The minimum Gasteiger partial charge on any atom is -0.399 e. The van der Waals surface area contributed by atoms with Crippen LogP contribution in [0.4, 0.5) is 0 Å². The van der Waals surface area contributed by atoms with E-state index < -0.39 is 0 Å². The molecular formula is C14H23BN2O2S. The molecule has 2 fully saturated rings. The molecule has 1 N–H and O–H groups in total. The van der Waals surface area contributed by atoms with Gasteiger partial charge in [0.25, 0.3) is 0 Å². The van der Waals surface area contributed by atoms with Gasteiger partial charge in [0.1, 0.15) is 0 Å². The third-order valence-corrected chi connectivity index (χ3v) is 5.90.